The van der Waals surface area contributed by atoms with Crippen molar-refractivity contribution in [1.82, 2.24) is 5.32 Å². The molecule has 0 aromatic rings. The molecule has 0 saturated carbocycles. The second-order valence-corrected chi connectivity index (χ2v) is 3.80. The Hall–Kier alpha value is -0.320. The summed E-state index contributed by atoms with van der Waals surface area (Å²) >= 11 is 0. The van der Waals surface area contributed by atoms with Gasteiger partial charge in [0, 0.05) is 0 Å². The number of hydrogen-bond acceptors (Lipinski definition) is 1. The van der Waals surface area contributed by atoms with Gasteiger partial charge in [0.2, 0.25) is 0 Å². The van der Waals surface area contributed by atoms with Gasteiger partial charge in [0.1, 0.15) is 0 Å². The van der Waals surface area contributed by atoms with E-state index in [2.05, 4.69) is 5.32 Å². The van der Waals surface area contributed by atoms with E-state index in [1.165, 1.54) is 0 Å². The maximum atomic E-state index is 12.4. The highest BCUT2D eigenvalue weighted by atomic mass is 19.4. The highest BCUT2D eigenvalue weighted by Gasteiger charge is 2.39. The van der Waals surface area contributed by atoms with Gasteiger partial charge in [0.25, 0.3) is 0 Å². The zero-order valence-electron chi connectivity index (χ0n) is 7.91. The van der Waals surface area contributed by atoms with E-state index in [0.29, 0.717) is 18.8 Å². The third-order valence-corrected chi connectivity index (χ3v) is 2.59. The molecule has 0 amide bonds. The molecule has 1 saturated heterocycles. The van der Waals surface area contributed by atoms with Gasteiger partial charge in [-0.3, -0.25) is 0 Å². The largest absolute Gasteiger partial charge is 0.419 e. The van der Waals surface area contributed by atoms with Gasteiger partial charge in [-0.15, -0.1) is 0 Å². The molecular formula is C9H15F4N. The fourth-order valence-corrected chi connectivity index (χ4v) is 1.71. The first-order chi connectivity index (χ1) is 6.50. The van der Waals surface area contributed by atoms with Gasteiger partial charge in [-0.25, -0.2) is 4.39 Å². The van der Waals surface area contributed by atoms with E-state index in [0.717, 1.165) is 19.5 Å². The molecule has 0 radical (unpaired) electrons. The van der Waals surface area contributed by atoms with Crippen LogP contribution in [0.5, 0.6) is 0 Å². The van der Waals surface area contributed by atoms with E-state index < -0.39 is 12.3 Å². The average molecular weight is 213 g/mol. The van der Waals surface area contributed by atoms with Crippen LogP contribution in [0.3, 0.4) is 0 Å². The molecule has 1 aliphatic heterocycles. The van der Waals surface area contributed by atoms with Gasteiger partial charge in [0.05, 0.1) is 0 Å². The lowest BCUT2D eigenvalue weighted by atomic mass is 10.0. The summed E-state index contributed by atoms with van der Waals surface area (Å²) in [6.07, 6.45) is -5.68. The van der Waals surface area contributed by atoms with Gasteiger partial charge in [0.15, 0.2) is 6.17 Å². The average Bonchev–Trinajstić information content (AvgIpc) is 2.55. The minimum atomic E-state index is -4.67. The van der Waals surface area contributed by atoms with Gasteiger partial charge in [-0.1, -0.05) is 0 Å². The van der Waals surface area contributed by atoms with Crippen molar-refractivity contribution in [3.05, 3.63) is 0 Å². The Kier molecular flexibility index (Phi) is 4.16. The second kappa shape index (κ2) is 4.96. The first kappa shape index (κ1) is 11.8. The van der Waals surface area contributed by atoms with Crippen LogP contribution >= 0.6 is 0 Å². The van der Waals surface area contributed by atoms with Crippen LogP contribution in [0, 0.1) is 5.92 Å². The molecule has 0 aromatic heterocycles. The first-order valence-electron chi connectivity index (χ1n) is 4.91. The summed E-state index contributed by atoms with van der Waals surface area (Å²) in [5.41, 5.74) is 0. The van der Waals surface area contributed by atoms with E-state index in [9.17, 15) is 17.6 Å². The molecule has 1 heterocycles. The number of rotatable bonds is 4. The standard InChI is InChI=1S/C9H15F4N/c10-8(9(11,12)13)3-1-2-7-4-5-14-6-7/h7-8,14H,1-6H2. The summed E-state index contributed by atoms with van der Waals surface area (Å²) in [5, 5.41) is 3.12. The molecule has 84 valence electrons. The van der Waals surface area contributed by atoms with Gasteiger partial charge >= 0.3 is 6.18 Å². The monoisotopic (exact) mass is 213 g/mol. The van der Waals surface area contributed by atoms with Crippen molar-refractivity contribution in [2.24, 2.45) is 5.92 Å². The molecule has 14 heavy (non-hydrogen) atoms. The maximum Gasteiger partial charge on any atom is 0.419 e. The SMILES string of the molecule is FC(CCCC1CCNC1)C(F)(F)F. The Balaban J connectivity index is 2.08. The van der Waals surface area contributed by atoms with E-state index in [1.807, 2.05) is 0 Å². The minimum absolute atomic E-state index is 0.326. The number of halogens is 4. The Morgan fingerprint density at radius 1 is 1.36 bits per heavy atom. The lowest BCUT2D eigenvalue weighted by Gasteiger charge is -2.13. The van der Waals surface area contributed by atoms with E-state index >= 15 is 0 Å². The van der Waals surface area contributed by atoms with Crippen LogP contribution in [0.1, 0.15) is 25.7 Å². The van der Waals surface area contributed by atoms with Crippen LogP contribution in [-0.2, 0) is 0 Å². The topological polar surface area (TPSA) is 12.0 Å². The van der Waals surface area contributed by atoms with Gasteiger partial charge < -0.3 is 5.32 Å². The molecule has 1 N–H and O–H groups in total. The van der Waals surface area contributed by atoms with Crippen molar-refractivity contribution in [2.45, 2.75) is 38.0 Å². The molecule has 1 nitrogen and oxygen atoms in total. The van der Waals surface area contributed by atoms with Crippen LogP contribution in [0.15, 0.2) is 0 Å². The molecule has 0 spiro atoms. The van der Waals surface area contributed by atoms with Crippen molar-refractivity contribution >= 4 is 0 Å². The smallest absolute Gasteiger partial charge is 0.316 e. The molecule has 2 unspecified atom stereocenters. The predicted molar refractivity (Wildman–Crippen MR) is 45.8 cm³/mol. The number of alkyl halides is 4. The Morgan fingerprint density at radius 2 is 2.07 bits per heavy atom. The lowest BCUT2D eigenvalue weighted by Crippen LogP contribution is -2.24. The number of hydrogen-bond donors (Lipinski definition) is 1. The molecule has 1 aliphatic rings. The quantitative estimate of drug-likeness (QED) is 0.708. The van der Waals surface area contributed by atoms with Crippen molar-refractivity contribution < 1.29 is 17.6 Å². The van der Waals surface area contributed by atoms with Crippen LogP contribution in [0.25, 0.3) is 0 Å². The highest BCUT2D eigenvalue weighted by Crippen LogP contribution is 2.27. The van der Waals surface area contributed by atoms with Crippen molar-refractivity contribution in [2.75, 3.05) is 13.1 Å². The molecule has 0 aliphatic carbocycles. The van der Waals surface area contributed by atoms with E-state index in [4.69, 9.17) is 0 Å². The number of nitrogens with one attached hydrogen (secondary N) is 1. The molecule has 5 heteroatoms. The van der Waals surface area contributed by atoms with Crippen LogP contribution in [-0.4, -0.2) is 25.4 Å². The summed E-state index contributed by atoms with van der Waals surface area (Å²) in [6, 6.07) is 0. The summed E-state index contributed by atoms with van der Waals surface area (Å²) in [5.74, 6) is 0.440. The fraction of sp³-hybridized carbons (Fsp3) is 1.00. The summed E-state index contributed by atoms with van der Waals surface area (Å²) in [4.78, 5) is 0. The summed E-state index contributed by atoms with van der Waals surface area (Å²) in [6.45, 7) is 1.80. The van der Waals surface area contributed by atoms with Crippen LogP contribution in [0.4, 0.5) is 17.6 Å². The first-order valence-corrected chi connectivity index (χ1v) is 4.91. The molecular weight excluding hydrogens is 198 g/mol. The van der Waals surface area contributed by atoms with E-state index in [-0.39, 0.29) is 6.42 Å². The normalized spacial score (nSPS) is 25.3. The van der Waals surface area contributed by atoms with Crippen LogP contribution < -0.4 is 5.32 Å². The zero-order chi connectivity index (χ0) is 10.6. The molecule has 0 aromatic carbocycles. The summed E-state index contributed by atoms with van der Waals surface area (Å²) < 4.78 is 47.7. The third kappa shape index (κ3) is 3.82. The Labute approximate surface area is 80.9 Å². The van der Waals surface area contributed by atoms with Crippen molar-refractivity contribution in [1.29, 1.82) is 0 Å². The Bertz CT molecular complexity index is 163. The van der Waals surface area contributed by atoms with Crippen LogP contribution in [0.2, 0.25) is 0 Å². The zero-order valence-corrected chi connectivity index (χ0v) is 7.91. The van der Waals surface area contributed by atoms with Gasteiger partial charge in [-0.2, -0.15) is 13.2 Å². The predicted octanol–water partition coefficient (Wildman–Crippen LogP) is 2.67. The van der Waals surface area contributed by atoms with Gasteiger partial charge in [-0.05, 0) is 44.7 Å². The molecule has 1 rings (SSSR count). The van der Waals surface area contributed by atoms with E-state index in [1.54, 1.807) is 0 Å². The molecule has 0 bridgehead atoms. The lowest BCUT2D eigenvalue weighted by molar-refractivity contribution is -0.182. The second-order valence-electron chi connectivity index (χ2n) is 3.80. The molecule has 2 atom stereocenters. The van der Waals surface area contributed by atoms with Crippen molar-refractivity contribution in [3.8, 4) is 0 Å². The van der Waals surface area contributed by atoms with Crippen molar-refractivity contribution in [3.63, 3.8) is 0 Å². The highest BCUT2D eigenvalue weighted by molar-refractivity contribution is 4.72. The Morgan fingerprint density at radius 3 is 2.57 bits per heavy atom. The molecule has 1 fully saturated rings. The summed E-state index contributed by atoms with van der Waals surface area (Å²) in [7, 11) is 0. The fourth-order valence-electron chi connectivity index (χ4n) is 1.71. The minimum Gasteiger partial charge on any atom is -0.316 e. The maximum absolute atomic E-state index is 12.4. The third-order valence-electron chi connectivity index (χ3n) is 2.59.